The van der Waals surface area contributed by atoms with Gasteiger partial charge in [0.25, 0.3) is 0 Å². The Balaban J connectivity index is 2.13. The number of hydrogen-bond acceptors (Lipinski definition) is 1. The lowest BCUT2D eigenvalue weighted by Gasteiger charge is -2.35. The van der Waals surface area contributed by atoms with E-state index >= 15 is 0 Å². The molecule has 26 heavy (non-hydrogen) atoms. The van der Waals surface area contributed by atoms with E-state index in [2.05, 4.69) is 70.2 Å². The molecule has 0 spiro atoms. The fourth-order valence-electron chi connectivity index (χ4n) is 5.20. The summed E-state index contributed by atoms with van der Waals surface area (Å²) >= 11 is 0. The van der Waals surface area contributed by atoms with Crippen LogP contribution in [0.15, 0.2) is 54.6 Å². The summed E-state index contributed by atoms with van der Waals surface area (Å²) in [5.74, 6) is 1.58. The van der Waals surface area contributed by atoms with E-state index in [1.165, 1.54) is 27.6 Å². The Kier molecular flexibility index (Phi) is 4.06. The molecule has 0 amide bonds. The number of fused-ring (bicyclic) bond motifs is 5. The molecule has 0 heterocycles. The molecule has 1 N–H and O–H groups in total. The van der Waals surface area contributed by atoms with Gasteiger partial charge in [-0.25, -0.2) is 0 Å². The Bertz CT molecular complexity index is 955. The van der Waals surface area contributed by atoms with Crippen LogP contribution in [0, 0.1) is 11.8 Å². The number of hydrogen-bond donors (Lipinski definition) is 1. The first-order valence-electron chi connectivity index (χ1n) is 9.79. The van der Waals surface area contributed by atoms with Crippen LogP contribution in [0.25, 0.3) is 21.9 Å². The molecule has 1 aliphatic rings. The van der Waals surface area contributed by atoms with Crippen molar-refractivity contribution in [3.05, 3.63) is 65.7 Å². The monoisotopic (exact) mass is 344 g/mol. The summed E-state index contributed by atoms with van der Waals surface area (Å²) in [4.78, 5) is 0. The van der Waals surface area contributed by atoms with Crippen molar-refractivity contribution in [2.75, 3.05) is 0 Å². The maximum absolute atomic E-state index is 10.8. The van der Waals surface area contributed by atoms with Crippen LogP contribution in [0.2, 0.25) is 0 Å². The molecule has 0 aromatic heterocycles. The molecule has 0 fully saturated rings. The summed E-state index contributed by atoms with van der Waals surface area (Å²) in [6, 6.07) is 19.2. The third kappa shape index (κ3) is 2.45. The van der Waals surface area contributed by atoms with Gasteiger partial charge in [0, 0.05) is 10.8 Å². The van der Waals surface area contributed by atoms with Crippen molar-refractivity contribution < 1.29 is 5.11 Å². The first kappa shape index (κ1) is 17.1. The minimum absolute atomic E-state index is 0.0181. The molecule has 0 saturated carbocycles. The molecular weight excluding hydrogens is 316 g/mol. The predicted molar refractivity (Wildman–Crippen MR) is 111 cm³/mol. The Morgan fingerprint density at radius 3 is 2.00 bits per heavy atom. The molecule has 3 aromatic rings. The Morgan fingerprint density at radius 1 is 0.769 bits per heavy atom. The fourth-order valence-corrected chi connectivity index (χ4v) is 5.20. The maximum Gasteiger partial charge on any atom is 0.123 e. The van der Waals surface area contributed by atoms with Gasteiger partial charge in [-0.2, -0.15) is 0 Å². The highest BCUT2D eigenvalue weighted by atomic mass is 16.3. The van der Waals surface area contributed by atoms with E-state index in [1.807, 2.05) is 12.1 Å². The normalized spacial score (nSPS) is 14.8. The smallest absolute Gasteiger partial charge is 0.123 e. The molecule has 0 bridgehead atoms. The van der Waals surface area contributed by atoms with Gasteiger partial charge in [-0.3, -0.25) is 0 Å². The molecule has 3 aromatic carbocycles. The third-order valence-electron chi connectivity index (χ3n) is 5.76. The second kappa shape index (κ2) is 6.16. The zero-order chi connectivity index (χ0) is 18.5. The van der Waals surface area contributed by atoms with E-state index in [0.717, 1.165) is 18.2 Å². The van der Waals surface area contributed by atoms with Crippen molar-refractivity contribution in [2.24, 2.45) is 11.8 Å². The number of phenolic OH excluding ortho intramolecular Hbond substituents is 1. The molecule has 0 radical (unpaired) electrons. The first-order valence-corrected chi connectivity index (χ1v) is 9.79. The zero-order valence-corrected chi connectivity index (χ0v) is 16.2. The molecule has 1 nitrogen and oxygen atoms in total. The Hall–Kier alpha value is -2.28. The molecule has 1 aliphatic carbocycles. The molecule has 4 rings (SSSR count). The summed E-state index contributed by atoms with van der Waals surface area (Å²) in [7, 11) is 0. The van der Waals surface area contributed by atoms with E-state index < -0.39 is 0 Å². The third-order valence-corrected chi connectivity index (χ3v) is 5.76. The SMILES string of the molecule is CC(C)CC1(CC(C)C)c2ccccc2-c2c1cc(O)c1ccccc21. The van der Waals surface area contributed by atoms with Crippen LogP contribution in [0.5, 0.6) is 5.75 Å². The van der Waals surface area contributed by atoms with E-state index in [4.69, 9.17) is 0 Å². The van der Waals surface area contributed by atoms with Crippen LogP contribution in [-0.2, 0) is 5.41 Å². The second-order valence-electron chi connectivity index (χ2n) is 8.69. The van der Waals surface area contributed by atoms with Gasteiger partial charge in [0.1, 0.15) is 5.75 Å². The topological polar surface area (TPSA) is 20.2 Å². The number of phenols is 1. The van der Waals surface area contributed by atoms with Crippen molar-refractivity contribution in [1.82, 2.24) is 0 Å². The maximum atomic E-state index is 10.8. The van der Waals surface area contributed by atoms with E-state index in [0.29, 0.717) is 17.6 Å². The van der Waals surface area contributed by atoms with Crippen LogP contribution in [0.4, 0.5) is 0 Å². The molecule has 1 heteroatoms. The first-order chi connectivity index (χ1) is 12.4. The molecule has 0 saturated heterocycles. The van der Waals surface area contributed by atoms with Gasteiger partial charge in [0.2, 0.25) is 0 Å². The van der Waals surface area contributed by atoms with Crippen molar-refractivity contribution in [3.8, 4) is 16.9 Å². The van der Waals surface area contributed by atoms with Crippen LogP contribution < -0.4 is 0 Å². The van der Waals surface area contributed by atoms with Crippen LogP contribution in [0.3, 0.4) is 0 Å². The Labute approximate surface area is 156 Å². The van der Waals surface area contributed by atoms with Gasteiger partial charge < -0.3 is 5.11 Å². The van der Waals surface area contributed by atoms with Gasteiger partial charge in [-0.1, -0.05) is 76.2 Å². The van der Waals surface area contributed by atoms with Crippen LogP contribution >= 0.6 is 0 Å². The zero-order valence-electron chi connectivity index (χ0n) is 16.2. The largest absolute Gasteiger partial charge is 0.507 e. The molecular formula is C25H28O. The quantitative estimate of drug-likeness (QED) is 0.545. The summed E-state index contributed by atoms with van der Waals surface area (Å²) in [5.41, 5.74) is 5.41. The average Bonchev–Trinajstić information content (AvgIpc) is 2.84. The van der Waals surface area contributed by atoms with E-state index in [9.17, 15) is 5.11 Å². The highest BCUT2D eigenvalue weighted by Crippen LogP contribution is 2.57. The summed E-state index contributed by atoms with van der Waals surface area (Å²) in [6.07, 6.45) is 2.21. The minimum Gasteiger partial charge on any atom is -0.507 e. The van der Waals surface area contributed by atoms with Gasteiger partial charge in [0.15, 0.2) is 0 Å². The number of benzene rings is 3. The molecule has 0 aliphatic heterocycles. The van der Waals surface area contributed by atoms with Crippen LogP contribution in [0.1, 0.15) is 51.7 Å². The highest BCUT2D eigenvalue weighted by Gasteiger charge is 2.44. The minimum atomic E-state index is -0.0181. The van der Waals surface area contributed by atoms with Crippen molar-refractivity contribution in [3.63, 3.8) is 0 Å². The molecule has 0 unspecified atom stereocenters. The molecule has 0 atom stereocenters. The average molecular weight is 344 g/mol. The Morgan fingerprint density at radius 2 is 1.35 bits per heavy atom. The van der Waals surface area contributed by atoms with E-state index in [1.54, 1.807) is 0 Å². The highest BCUT2D eigenvalue weighted by molar-refractivity contribution is 6.05. The standard InChI is InChI=1S/C25H28O/c1-16(2)14-25(15-17(3)4)21-12-8-7-11-20(21)24-19-10-6-5-9-18(19)23(26)13-22(24)25/h5-13,16-17,26H,14-15H2,1-4H3. The van der Waals surface area contributed by atoms with Gasteiger partial charge in [-0.05, 0) is 58.4 Å². The van der Waals surface area contributed by atoms with E-state index in [-0.39, 0.29) is 5.41 Å². The van der Waals surface area contributed by atoms with Crippen LogP contribution in [-0.4, -0.2) is 5.11 Å². The van der Waals surface area contributed by atoms with Gasteiger partial charge in [0.05, 0.1) is 0 Å². The van der Waals surface area contributed by atoms with Gasteiger partial charge >= 0.3 is 0 Å². The molecule has 134 valence electrons. The number of aromatic hydroxyl groups is 1. The lowest BCUT2D eigenvalue weighted by molar-refractivity contribution is 0.336. The summed E-state index contributed by atoms with van der Waals surface area (Å²) < 4.78 is 0. The van der Waals surface area contributed by atoms with Gasteiger partial charge in [-0.15, -0.1) is 0 Å². The summed E-state index contributed by atoms with van der Waals surface area (Å²) in [5, 5.41) is 12.9. The second-order valence-corrected chi connectivity index (χ2v) is 8.69. The summed E-state index contributed by atoms with van der Waals surface area (Å²) in [6.45, 7) is 9.24. The lowest BCUT2D eigenvalue weighted by atomic mass is 9.67. The predicted octanol–water partition coefficient (Wildman–Crippen LogP) is 6.90. The lowest BCUT2D eigenvalue weighted by Crippen LogP contribution is -2.29. The fraction of sp³-hybridized carbons (Fsp3) is 0.360. The van der Waals surface area contributed by atoms with Crippen molar-refractivity contribution in [1.29, 1.82) is 0 Å². The number of rotatable bonds is 4. The van der Waals surface area contributed by atoms with Crippen molar-refractivity contribution in [2.45, 2.75) is 46.0 Å². The van der Waals surface area contributed by atoms with Crippen molar-refractivity contribution >= 4 is 10.8 Å².